The highest BCUT2D eigenvalue weighted by atomic mass is 16.5. The number of urea groups is 1. The second-order valence-corrected chi connectivity index (χ2v) is 6.40. The first-order valence-corrected chi connectivity index (χ1v) is 8.25. The Morgan fingerprint density at radius 1 is 1.48 bits per heavy atom. The van der Waals surface area contributed by atoms with Gasteiger partial charge in [-0.25, -0.2) is 4.79 Å². The van der Waals surface area contributed by atoms with E-state index in [-0.39, 0.29) is 24.1 Å². The average molecular weight is 324 g/mol. The average Bonchev–Trinajstić information content (AvgIpc) is 3.01. The molecule has 2 heterocycles. The third-order valence-corrected chi connectivity index (χ3v) is 4.93. The first-order chi connectivity index (χ1) is 11.0. The van der Waals surface area contributed by atoms with Crippen molar-refractivity contribution in [3.8, 4) is 0 Å². The van der Waals surface area contributed by atoms with Crippen LogP contribution in [0.25, 0.3) is 0 Å². The summed E-state index contributed by atoms with van der Waals surface area (Å²) < 4.78 is 10.8. The smallest absolute Gasteiger partial charge is 0.318 e. The summed E-state index contributed by atoms with van der Waals surface area (Å²) in [4.78, 5) is 14.3. The summed E-state index contributed by atoms with van der Waals surface area (Å²) in [5.41, 5.74) is -0.0269. The first kappa shape index (κ1) is 17.8. The van der Waals surface area contributed by atoms with Gasteiger partial charge < -0.3 is 24.5 Å². The number of hydrogen-bond acceptors (Lipinski definition) is 4. The van der Waals surface area contributed by atoms with Crippen LogP contribution in [0.3, 0.4) is 0 Å². The fourth-order valence-electron chi connectivity index (χ4n) is 3.05. The molecule has 1 aliphatic rings. The zero-order chi connectivity index (χ0) is 16.9. The van der Waals surface area contributed by atoms with Gasteiger partial charge in [-0.05, 0) is 43.7 Å². The van der Waals surface area contributed by atoms with Crippen molar-refractivity contribution in [1.29, 1.82) is 0 Å². The summed E-state index contributed by atoms with van der Waals surface area (Å²) >= 11 is 0. The number of carbonyl (C=O) groups excluding carboxylic acids is 1. The lowest BCUT2D eigenvalue weighted by atomic mass is 9.77. The number of ether oxygens (including phenoxy) is 1. The highest BCUT2D eigenvalue weighted by Gasteiger charge is 2.34. The molecule has 130 valence electrons. The second-order valence-electron chi connectivity index (χ2n) is 6.40. The number of amides is 2. The van der Waals surface area contributed by atoms with Gasteiger partial charge in [-0.15, -0.1) is 0 Å². The molecule has 6 nitrogen and oxygen atoms in total. The number of methoxy groups -OCH3 is 1. The maximum absolute atomic E-state index is 12.5. The van der Waals surface area contributed by atoms with Gasteiger partial charge >= 0.3 is 6.03 Å². The molecule has 2 N–H and O–H groups in total. The van der Waals surface area contributed by atoms with E-state index in [4.69, 9.17) is 9.15 Å². The molecule has 1 aromatic rings. The summed E-state index contributed by atoms with van der Waals surface area (Å²) in [6.07, 6.45) is 2.61. The predicted octanol–water partition coefficient (Wildman–Crippen LogP) is 2.47. The van der Waals surface area contributed by atoms with Crippen LogP contribution in [0.5, 0.6) is 0 Å². The van der Waals surface area contributed by atoms with Crippen molar-refractivity contribution < 1.29 is 19.1 Å². The first-order valence-electron chi connectivity index (χ1n) is 8.25. The van der Waals surface area contributed by atoms with Crippen LogP contribution < -0.4 is 5.32 Å². The molecular weight excluding hydrogens is 296 g/mol. The number of carbonyl (C=O) groups is 1. The van der Waals surface area contributed by atoms with Gasteiger partial charge in [0.05, 0.1) is 6.61 Å². The molecule has 1 unspecified atom stereocenters. The minimum Gasteiger partial charge on any atom is -0.464 e. The molecule has 1 fully saturated rings. The Hall–Kier alpha value is -1.53. The van der Waals surface area contributed by atoms with Crippen molar-refractivity contribution in [3.63, 3.8) is 0 Å². The van der Waals surface area contributed by atoms with Gasteiger partial charge in [-0.2, -0.15) is 0 Å². The molecule has 23 heavy (non-hydrogen) atoms. The largest absolute Gasteiger partial charge is 0.464 e. The van der Waals surface area contributed by atoms with Crippen LogP contribution in [0.15, 0.2) is 16.5 Å². The number of nitrogens with zero attached hydrogens (tertiary/aromatic N) is 1. The Kier molecular flexibility index (Phi) is 6.07. The van der Waals surface area contributed by atoms with E-state index in [1.807, 2.05) is 24.0 Å². The number of likely N-dealkylation sites (tertiary alicyclic amines) is 1. The van der Waals surface area contributed by atoms with Crippen LogP contribution in [-0.4, -0.2) is 49.5 Å². The minimum atomic E-state index is -0.295. The number of hydrogen-bond donors (Lipinski definition) is 2. The topological polar surface area (TPSA) is 74.9 Å². The van der Waals surface area contributed by atoms with Crippen molar-refractivity contribution >= 4 is 6.03 Å². The molecule has 1 saturated heterocycles. The van der Waals surface area contributed by atoms with Crippen LogP contribution in [0.1, 0.15) is 43.7 Å². The van der Waals surface area contributed by atoms with Gasteiger partial charge in [0.2, 0.25) is 0 Å². The lowest BCUT2D eigenvalue weighted by Gasteiger charge is -2.40. The highest BCUT2D eigenvalue weighted by molar-refractivity contribution is 5.74. The maximum Gasteiger partial charge on any atom is 0.318 e. The number of aliphatic hydroxyl groups is 1. The summed E-state index contributed by atoms with van der Waals surface area (Å²) in [5.74, 6) is 1.51. The van der Waals surface area contributed by atoms with Crippen molar-refractivity contribution in [3.05, 3.63) is 23.7 Å². The standard InChI is InChI=1S/C17H28N2O4/c1-4-17(12-20)7-9-19(10-8-17)16(21)18-14(11-22-3)15-6-5-13(2)23-15/h5-6,14,20H,4,7-12H2,1-3H3,(H,18,21). The van der Waals surface area contributed by atoms with Gasteiger partial charge in [0, 0.05) is 26.8 Å². The van der Waals surface area contributed by atoms with Gasteiger partial charge in [0.25, 0.3) is 0 Å². The summed E-state index contributed by atoms with van der Waals surface area (Å²) in [7, 11) is 1.60. The molecule has 1 aliphatic heterocycles. The van der Waals surface area contributed by atoms with E-state index in [2.05, 4.69) is 12.2 Å². The Morgan fingerprint density at radius 3 is 2.65 bits per heavy atom. The van der Waals surface area contributed by atoms with E-state index in [1.54, 1.807) is 7.11 Å². The number of rotatable bonds is 6. The molecule has 1 atom stereocenters. The summed E-state index contributed by atoms with van der Waals surface area (Å²) in [5, 5.41) is 12.6. The van der Waals surface area contributed by atoms with E-state index >= 15 is 0 Å². The molecule has 0 aromatic carbocycles. The molecule has 0 radical (unpaired) electrons. The van der Waals surface area contributed by atoms with Crippen LogP contribution in [0.2, 0.25) is 0 Å². The molecule has 0 bridgehead atoms. The van der Waals surface area contributed by atoms with Gasteiger partial charge in [0.1, 0.15) is 17.6 Å². The SMILES string of the molecule is CCC1(CO)CCN(C(=O)NC(COC)c2ccc(C)o2)CC1. The molecular formula is C17H28N2O4. The van der Waals surface area contributed by atoms with Gasteiger partial charge in [-0.1, -0.05) is 6.92 Å². The fourth-order valence-corrected chi connectivity index (χ4v) is 3.05. The third kappa shape index (κ3) is 4.26. The van der Waals surface area contributed by atoms with Crippen LogP contribution >= 0.6 is 0 Å². The van der Waals surface area contributed by atoms with Crippen molar-refractivity contribution in [2.75, 3.05) is 33.4 Å². The molecule has 2 amide bonds. The number of aryl methyl sites for hydroxylation is 1. The second kappa shape index (κ2) is 7.84. The Bertz CT molecular complexity index is 500. The lowest BCUT2D eigenvalue weighted by Crippen LogP contribution is -2.49. The monoisotopic (exact) mass is 324 g/mol. The Labute approximate surface area is 137 Å². The van der Waals surface area contributed by atoms with Crippen molar-refractivity contribution in [2.45, 2.75) is 39.2 Å². The van der Waals surface area contributed by atoms with Gasteiger partial charge in [0.15, 0.2) is 0 Å². The Morgan fingerprint density at radius 2 is 2.17 bits per heavy atom. The summed E-state index contributed by atoms with van der Waals surface area (Å²) in [6, 6.07) is 3.34. The van der Waals surface area contributed by atoms with Crippen LogP contribution in [0, 0.1) is 12.3 Å². The molecule has 6 heteroatoms. The van der Waals surface area contributed by atoms with Crippen molar-refractivity contribution in [1.82, 2.24) is 10.2 Å². The highest BCUT2D eigenvalue weighted by Crippen LogP contribution is 2.34. The fraction of sp³-hybridized carbons (Fsp3) is 0.706. The number of aliphatic hydroxyl groups excluding tert-OH is 1. The Balaban J connectivity index is 1.95. The molecule has 0 aliphatic carbocycles. The van der Waals surface area contributed by atoms with Crippen LogP contribution in [-0.2, 0) is 4.74 Å². The van der Waals surface area contributed by atoms with Crippen molar-refractivity contribution in [2.24, 2.45) is 5.41 Å². The number of piperidine rings is 1. The van der Waals surface area contributed by atoms with E-state index in [1.165, 1.54) is 0 Å². The zero-order valence-corrected chi connectivity index (χ0v) is 14.3. The van der Waals surface area contributed by atoms with E-state index in [0.29, 0.717) is 25.5 Å². The van der Waals surface area contributed by atoms with Gasteiger partial charge in [-0.3, -0.25) is 0 Å². The molecule has 2 rings (SSSR count). The molecule has 0 spiro atoms. The van der Waals surface area contributed by atoms with E-state index in [0.717, 1.165) is 25.0 Å². The van der Waals surface area contributed by atoms with Crippen LogP contribution in [0.4, 0.5) is 4.79 Å². The third-order valence-electron chi connectivity index (χ3n) is 4.93. The quantitative estimate of drug-likeness (QED) is 0.843. The lowest BCUT2D eigenvalue weighted by molar-refractivity contribution is 0.0503. The summed E-state index contributed by atoms with van der Waals surface area (Å²) in [6.45, 7) is 5.85. The maximum atomic E-state index is 12.5. The normalized spacial score (nSPS) is 18.7. The minimum absolute atomic E-state index is 0.0269. The number of furan rings is 1. The molecule has 1 aromatic heterocycles. The predicted molar refractivity (Wildman–Crippen MR) is 87.2 cm³/mol. The molecule has 0 saturated carbocycles. The van der Waals surface area contributed by atoms with E-state index < -0.39 is 0 Å². The zero-order valence-electron chi connectivity index (χ0n) is 14.3. The van der Waals surface area contributed by atoms with E-state index in [9.17, 15) is 9.90 Å². The number of nitrogens with one attached hydrogen (secondary N) is 1.